The first kappa shape index (κ1) is 23.4. The Balaban J connectivity index is 1.65. The Morgan fingerprint density at radius 3 is 2.49 bits per heavy atom. The average molecular weight is 482 g/mol. The number of amides is 2. The minimum atomic E-state index is -0.302. The lowest BCUT2D eigenvalue weighted by Gasteiger charge is -2.34. The summed E-state index contributed by atoms with van der Waals surface area (Å²) >= 11 is 0. The number of likely N-dealkylation sites (tertiary alicyclic amines) is 1. The van der Waals surface area contributed by atoms with Crippen LogP contribution in [-0.2, 0) is 6.42 Å². The van der Waals surface area contributed by atoms with Gasteiger partial charge in [0.25, 0.3) is 0 Å². The van der Waals surface area contributed by atoms with Gasteiger partial charge in [-0.15, -0.1) is 0 Å². The molecule has 0 saturated carbocycles. The van der Waals surface area contributed by atoms with Crippen LogP contribution >= 0.6 is 0 Å². The Bertz CT molecular complexity index is 1180. The molecule has 5 rings (SSSR count). The molecule has 0 spiro atoms. The second kappa shape index (κ2) is 9.03. The topological polar surface area (TPSA) is 69.6 Å². The Hall–Kier alpha value is -3.33. The third kappa shape index (κ3) is 3.97. The molecule has 0 aliphatic carbocycles. The number of carbonyl (C=O) groups excluding carboxylic acids is 1. The largest absolute Gasteiger partial charge is 0.493 e. The zero-order valence-corrected chi connectivity index (χ0v) is 20.8. The molecule has 9 heteroatoms. The van der Waals surface area contributed by atoms with E-state index >= 15 is 4.39 Å². The molecule has 2 amide bonds. The van der Waals surface area contributed by atoms with Crippen molar-refractivity contribution < 1.29 is 18.7 Å². The lowest BCUT2D eigenvalue weighted by molar-refractivity contribution is 0.184. The van der Waals surface area contributed by atoms with E-state index in [1.807, 2.05) is 25.1 Å². The van der Waals surface area contributed by atoms with Crippen molar-refractivity contribution in [1.29, 1.82) is 0 Å². The number of fused-ring (bicyclic) bond motifs is 3. The van der Waals surface area contributed by atoms with Crippen LogP contribution in [0.25, 0.3) is 0 Å². The number of hydrazone groups is 1. The van der Waals surface area contributed by atoms with Crippen LogP contribution in [0, 0.1) is 5.82 Å². The number of benzene rings is 2. The highest BCUT2D eigenvalue weighted by molar-refractivity contribution is 6.15. The lowest BCUT2D eigenvalue weighted by Crippen LogP contribution is -2.45. The molecule has 3 heterocycles. The molecule has 3 aliphatic rings. The summed E-state index contributed by atoms with van der Waals surface area (Å²) < 4.78 is 26.2. The van der Waals surface area contributed by atoms with Crippen LogP contribution in [0.2, 0.25) is 0 Å². The minimum absolute atomic E-state index is 0.200. The van der Waals surface area contributed by atoms with Crippen LogP contribution in [-0.4, -0.2) is 81.2 Å². The second-order valence-electron chi connectivity index (χ2n) is 9.57. The van der Waals surface area contributed by atoms with Crippen molar-refractivity contribution >= 4 is 17.4 Å². The molecule has 186 valence electrons. The number of likely N-dealkylation sites (N-methyl/N-ethyl adjacent to an activating group) is 1. The van der Waals surface area contributed by atoms with E-state index in [0.717, 1.165) is 36.2 Å². The van der Waals surface area contributed by atoms with E-state index in [1.54, 1.807) is 27.3 Å². The van der Waals surface area contributed by atoms with Gasteiger partial charge < -0.3 is 19.7 Å². The number of carbonyl (C=O) groups is 1. The normalized spacial score (nSPS) is 23.6. The number of hydrogen-bond donors (Lipinski definition) is 1. The fraction of sp³-hybridized carbons (Fsp3) is 0.462. The van der Waals surface area contributed by atoms with E-state index in [-0.39, 0.29) is 17.9 Å². The number of ether oxygens (including phenoxy) is 2. The van der Waals surface area contributed by atoms with Gasteiger partial charge in [-0.2, -0.15) is 5.10 Å². The number of methoxy groups -OCH3 is 2. The maximum atomic E-state index is 15.1. The van der Waals surface area contributed by atoms with Gasteiger partial charge in [0.1, 0.15) is 5.82 Å². The van der Waals surface area contributed by atoms with Crippen LogP contribution in [0.3, 0.4) is 0 Å². The molecule has 0 radical (unpaired) electrons. The fourth-order valence-electron chi connectivity index (χ4n) is 5.59. The molecule has 1 N–H and O–H groups in total. The van der Waals surface area contributed by atoms with Gasteiger partial charge in [0.2, 0.25) is 0 Å². The summed E-state index contributed by atoms with van der Waals surface area (Å²) in [5.74, 6) is 0.938. The molecule has 2 bridgehead atoms. The van der Waals surface area contributed by atoms with Gasteiger partial charge in [-0.3, -0.25) is 4.90 Å². The maximum Gasteiger partial charge on any atom is 0.337 e. The van der Waals surface area contributed by atoms with Crippen LogP contribution in [0.5, 0.6) is 11.5 Å². The summed E-state index contributed by atoms with van der Waals surface area (Å²) in [7, 11) is 6.90. The van der Waals surface area contributed by atoms with E-state index in [2.05, 4.69) is 22.2 Å². The van der Waals surface area contributed by atoms with Crippen molar-refractivity contribution in [3.05, 3.63) is 52.8 Å². The highest BCUT2D eigenvalue weighted by Gasteiger charge is 2.42. The highest BCUT2D eigenvalue weighted by atomic mass is 19.1. The summed E-state index contributed by atoms with van der Waals surface area (Å²) in [5.41, 5.74) is 3.73. The Kier molecular flexibility index (Phi) is 6.04. The molecule has 2 fully saturated rings. The van der Waals surface area contributed by atoms with E-state index in [1.165, 1.54) is 11.1 Å². The third-order valence-electron chi connectivity index (χ3n) is 7.47. The molecular formula is C26H32FN5O3. The molecular weight excluding hydrogens is 449 g/mol. The first-order valence-corrected chi connectivity index (χ1v) is 12.0. The number of nitrogens with zero attached hydrogens (tertiary/aromatic N) is 4. The molecule has 0 aromatic heterocycles. The van der Waals surface area contributed by atoms with E-state index in [9.17, 15) is 4.79 Å². The van der Waals surface area contributed by atoms with E-state index < -0.39 is 0 Å². The smallest absolute Gasteiger partial charge is 0.337 e. The van der Waals surface area contributed by atoms with Crippen LogP contribution in [0.15, 0.2) is 35.4 Å². The summed E-state index contributed by atoms with van der Waals surface area (Å²) in [6, 6.07) is 9.17. The molecule has 2 aromatic carbocycles. The SMILES string of the molecule is CNC(=O)N1N=C(c2ccc(F)c(N3CC4C[C@H]3CN4C)c2)c2cc(OC)c(OC)cc2C[C@@H]1C. The molecule has 2 aromatic rings. The second-order valence-corrected chi connectivity index (χ2v) is 9.57. The molecule has 3 atom stereocenters. The van der Waals surface area contributed by atoms with Crippen LogP contribution in [0.4, 0.5) is 14.9 Å². The Morgan fingerprint density at radius 2 is 1.86 bits per heavy atom. The van der Waals surface area contributed by atoms with E-state index in [0.29, 0.717) is 41.4 Å². The number of nitrogens with one attached hydrogen (secondary N) is 1. The molecule has 2 saturated heterocycles. The van der Waals surface area contributed by atoms with Crippen LogP contribution < -0.4 is 19.7 Å². The van der Waals surface area contributed by atoms with Crippen LogP contribution in [0.1, 0.15) is 30.0 Å². The maximum absolute atomic E-state index is 15.1. The lowest BCUT2D eigenvalue weighted by atomic mass is 9.93. The fourth-order valence-corrected chi connectivity index (χ4v) is 5.59. The van der Waals surface area contributed by atoms with Gasteiger partial charge in [-0.25, -0.2) is 14.2 Å². The Labute approximate surface area is 205 Å². The first-order chi connectivity index (χ1) is 16.8. The van der Waals surface area contributed by atoms with Crippen molar-refractivity contribution in [1.82, 2.24) is 15.2 Å². The van der Waals surface area contributed by atoms with Crippen molar-refractivity contribution in [2.24, 2.45) is 5.10 Å². The monoisotopic (exact) mass is 481 g/mol. The van der Waals surface area contributed by atoms with Gasteiger partial charge in [0, 0.05) is 43.3 Å². The summed E-state index contributed by atoms with van der Waals surface area (Å²) in [6.45, 7) is 3.68. The number of piperazine rings is 1. The Morgan fingerprint density at radius 1 is 1.11 bits per heavy atom. The number of urea groups is 1. The summed E-state index contributed by atoms with van der Waals surface area (Å²) in [5, 5.41) is 8.96. The predicted octanol–water partition coefficient (Wildman–Crippen LogP) is 3.07. The average Bonchev–Trinajstić information content (AvgIpc) is 3.40. The van der Waals surface area contributed by atoms with Gasteiger partial charge in [0.05, 0.1) is 31.7 Å². The van der Waals surface area contributed by atoms with E-state index in [4.69, 9.17) is 14.6 Å². The zero-order chi connectivity index (χ0) is 24.9. The molecule has 1 unspecified atom stereocenters. The zero-order valence-electron chi connectivity index (χ0n) is 20.8. The van der Waals surface area contributed by atoms with Crippen molar-refractivity contribution in [2.45, 2.75) is 37.9 Å². The van der Waals surface area contributed by atoms with Gasteiger partial charge >= 0.3 is 6.03 Å². The minimum Gasteiger partial charge on any atom is -0.493 e. The van der Waals surface area contributed by atoms with Crippen molar-refractivity contribution in [3.63, 3.8) is 0 Å². The quantitative estimate of drug-likeness (QED) is 0.727. The molecule has 35 heavy (non-hydrogen) atoms. The van der Waals surface area contributed by atoms with Gasteiger partial charge in [0.15, 0.2) is 11.5 Å². The number of anilines is 1. The first-order valence-electron chi connectivity index (χ1n) is 12.0. The molecule has 3 aliphatic heterocycles. The third-order valence-corrected chi connectivity index (χ3v) is 7.47. The molecule has 8 nitrogen and oxygen atoms in total. The van der Waals surface area contributed by atoms with Crippen molar-refractivity contribution in [2.75, 3.05) is 46.3 Å². The summed E-state index contributed by atoms with van der Waals surface area (Å²) in [4.78, 5) is 17.3. The summed E-state index contributed by atoms with van der Waals surface area (Å²) in [6.07, 6.45) is 1.62. The number of rotatable bonds is 4. The van der Waals surface area contributed by atoms with Gasteiger partial charge in [-0.1, -0.05) is 0 Å². The highest BCUT2D eigenvalue weighted by Crippen LogP contribution is 2.38. The standard InChI is InChI=1S/C26H32FN5O3/c1-15-8-17-10-23(34-4)24(35-5)12-20(17)25(29-32(15)26(33)28-2)16-6-7-21(27)22(9-16)31-14-18-11-19(31)13-30(18)3/h6-7,9-10,12,15,18-19H,8,11,13-14H2,1-5H3,(H,28,33)/t15-,18?,19-/m0/s1. The number of hydrogen-bond acceptors (Lipinski definition) is 6. The van der Waals surface area contributed by atoms with Gasteiger partial charge in [-0.05, 0) is 62.7 Å². The number of halogens is 1. The van der Waals surface area contributed by atoms with Crippen molar-refractivity contribution in [3.8, 4) is 11.5 Å². The predicted molar refractivity (Wildman–Crippen MR) is 133 cm³/mol.